The number of rotatable bonds is 4. The van der Waals surface area contributed by atoms with E-state index in [2.05, 4.69) is 26.7 Å². The third-order valence-corrected chi connectivity index (χ3v) is 1.82. The summed E-state index contributed by atoms with van der Waals surface area (Å²) >= 11 is 0. The Labute approximate surface area is 101 Å². The molecule has 1 atom stereocenters. The molecule has 0 saturated carbocycles. The van der Waals surface area contributed by atoms with Crippen LogP contribution in [-0.2, 0) is 0 Å². The molecule has 0 aliphatic rings. The first-order valence-corrected chi connectivity index (χ1v) is 5.98. The summed E-state index contributed by atoms with van der Waals surface area (Å²) in [5.74, 6) is 3.06. The highest BCUT2D eigenvalue weighted by atomic mass is 16.4. The van der Waals surface area contributed by atoms with Crippen molar-refractivity contribution >= 4 is 6.09 Å². The molecule has 0 bridgehead atoms. The minimum absolute atomic E-state index is 0.0787. The average molecular weight is 229 g/mol. The van der Waals surface area contributed by atoms with Crippen molar-refractivity contribution < 1.29 is 9.90 Å². The molecule has 0 aliphatic carbocycles. The van der Waals surface area contributed by atoms with Crippen LogP contribution in [0.15, 0.2) is 0 Å². The predicted octanol–water partition coefficient (Wildman–Crippen LogP) is 3.75. The molecule has 0 aromatic carbocycles. The lowest BCUT2D eigenvalue weighted by molar-refractivity contribution is 0.196. The number of terminal acetylenes is 1. The number of nitrogens with one attached hydrogen (secondary N) is 1. The number of carboxylic acid groups (broad SMARTS) is 1. The van der Waals surface area contributed by atoms with Gasteiger partial charge in [0, 0.05) is 0 Å². The van der Waals surface area contributed by atoms with Gasteiger partial charge in [0.2, 0.25) is 0 Å². The maximum Gasteiger partial charge on any atom is 0.405 e. The van der Waals surface area contributed by atoms with Crippen molar-refractivity contribution in [1.82, 2.24) is 5.32 Å². The highest BCUT2D eigenvalue weighted by molar-refractivity contribution is 5.64. The van der Waals surface area contributed by atoms with Crippen LogP contribution in [0.4, 0.5) is 4.79 Å². The minimum atomic E-state index is -1.09. The molecule has 96 valence electrons. The van der Waals surface area contributed by atoms with Crippen LogP contribution in [0.2, 0.25) is 0 Å². The lowest BCUT2D eigenvalue weighted by Gasteiger charge is -2.02. The SMILES string of the molecule is C#CCNC(=O)O.CC.CCC[C@H](C)CC. The van der Waals surface area contributed by atoms with Gasteiger partial charge in [-0.2, -0.15) is 0 Å². The second-order valence-corrected chi connectivity index (χ2v) is 3.16. The summed E-state index contributed by atoms with van der Waals surface area (Å²) in [4.78, 5) is 9.55. The summed E-state index contributed by atoms with van der Waals surface area (Å²) in [6.45, 7) is 10.9. The van der Waals surface area contributed by atoms with E-state index in [0.717, 1.165) is 5.92 Å². The molecular weight excluding hydrogens is 202 g/mol. The monoisotopic (exact) mass is 229 g/mol. The second kappa shape index (κ2) is 19.4. The Kier molecular flexibility index (Phi) is 24.6. The molecule has 0 saturated heterocycles. The Morgan fingerprint density at radius 3 is 2.06 bits per heavy atom. The molecule has 0 fully saturated rings. The van der Waals surface area contributed by atoms with Crippen molar-refractivity contribution in [3.05, 3.63) is 0 Å². The van der Waals surface area contributed by atoms with Gasteiger partial charge in [0.15, 0.2) is 0 Å². The van der Waals surface area contributed by atoms with E-state index in [4.69, 9.17) is 11.5 Å². The van der Waals surface area contributed by atoms with Crippen LogP contribution in [0.3, 0.4) is 0 Å². The summed E-state index contributed by atoms with van der Waals surface area (Å²) in [7, 11) is 0. The molecule has 0 radical (unpaired) electrons. The van der Waals surface area contributed by atoms with Crippen LogP contribution in [0.1, 0.15) is 53.9 Å². The first kappa shape index (κ1) is 20.3. The first-order valence-electron chi connectivity index (χ1n) is 5.98. The first-order chi connectivity index (χ1) is 7.58. The zero-order valence-corrected chi connectivity index (χ0v) is 11.3. The van der Waals surface area contributed by atoms with Crippen molar-refractivity contribution in [2.45, 2.75) is 53.9 Å². The Bertz CT molecular complexity index is 173. The molecular formula is C13H27NO2. The van der Waals surface area contributed by atoms with E-state index < -0.39 is 6.09 Å². The molecule has 3 heteroatoms. The molecule has 0 unspecified atom stereocenters. The fourth-order valence-corrected chi connectivity index (χ4v) is 0.824. The van der Waals surface area contributed by atoms with Crippen molar-refractivity contribution in [3.8, 4) is 12.3 Å². The van der Waals surface area contributed by atoms with E-state index in [0.29, 0.717) is 0 Å². The van der Waals surface area contributed by atoms with Gasteiger partial charge in [0.05, 0.1) is 6.54 Å². The lowest BCUT2D eigenvalue weighted by atomic mass is 10.0. The smallest absolute Gasteiger partial charge is 0.405 e. The van der Waals surface area contributed by atoms with E-state index in [1.54, 1.807) is 0 Å². The maximum atomic E-state index is 9.55. The predicted molar refractivity (Wildman–Crippen MR) is 70.6 cm³/mol. The topological polar surface area (TPSA) is 49.3 Å². The zero-order chi connectivity index (χ0) is 13.4. The van der Waals surface area contributed by atoms with Crippen molar-refractivity contribution in [2.75, 3.05) is 6.54 Å². The largest absolute Gasteiger partial charge is 0.465 e. The Balaban J connectivity index is -0.000000183. The maximum absolute atomic E-state index is 9.55. The van der Waals surface area contributed by atoms with Crippen molar-refractivity contribution in [2.24, 2.45) is 5.92 Å². The van der Waals surface area contributed by atoms with Crippen LogP contribution < -0.4 is 5.32 Å². The van der Waals surface area contributed by atoms with Gasteiger partial charge in [0.1, 0.15) is 0 Å². The van der Waals surface area contributed by atoms with Gasteiger partial charge >= 0.3 is 6.09 Å². The van der Waals surface area contributed by atoms with E-state index in [9.17, 15) is 4.79 Å². The Morgan fingerprint density at radius 1 is 1.44 bits per heavy atom. The van der Waals surface area contributed by atoms with Crippen LogP contribution in [0.25, 0.3) is 0 Å². The van der Waals surface area contributed by atoms with Gasteiger partial charge in [-0.25, -0.2) is 4.79 Å². The normalized spacial score (nSPS) is 9.50. The number of carbonyl (C=O) groups is 1. The standard InChI is InChI=1S/C7H16.C4H5NO2.C2H6/c1-4-6-7(3)5-2;1-2-3-5-4(6)7;1-2/h7H,4-6H2,1-3H3;1,5H,3H2,(H,6,7);1-2H3/t7-;;/m1../s1. The van der Waals surface area contributed by atoms with Gasteiger partial charge in [-0.15, -0.1) is 6.42 Å². The van der Waals surface area contributed by atoms with Crippen LogP contribution in [0.5, 0.6) is 0 Å². The highest BCUT2D eigenvalue weighted by Gasteiger charge is 1.92. The van der Waals surface area contributed by atoms with Crippen molar-refractivity contribution in [3.63, 3.8) is 0 Å². The van der Waals surface area contributed by atoms with Crippen LogP contribution in [0, 0.1) is 18.3 Å². The van der Waals surface area contributed by atoms with E-state index >= 15 is 0 Å². The number of amides is 1. The molecule has 0 aromatic rings. The highest BCUT2D eigenvalue weighted by Crippen LogP contribution is 2.07. The quantitative estimate of drug-likeness (QED) is 0.721. The molecule has 2 N–H and O–H groups in total. The fourth-order valence-electron chi connectivity index (χ4n) is 0.824. The van der Waals surface area contributed by atoms with Crippen LogP contribution in [-0.4, -0.2) is 17.7 Å². The van der Waals surface area contributed by atoms with E-state index in [1.807, 2.05) is 19.2 Å². The fraction of sp³-hybridized carbons (Fsp3) is 0.769. The average Bonchev–Trinajstić information content (AvgIpc) is 2.30. The zero-order valence-electron chi connectivity index (χ0n) is 11.3. The Hall–Kier alpha value is -1.17. The summed E-state index contributed by atoms with van der Waals surface area (Å²) in [6, 6.07) is 0. The third-order valence-electron chi connectivity index (χ3n) is 1.82. The molecule has 3 nitrogen and oxygen atoms in total. The number of hydrogen-bond donors (Lipinski definition) is 2. The van der Waals surface area contributed by atoms with Crippen molar-refractivity contribution in [1.29, 1.82) is 0 Å². The van der Waals surface area contributed by atoms with Gasteiger partial charge in [0.25, 0.3) is 0 Å². The molecule has 0 spiro atoms. The van der Waals surface area contributed by atoms with Crippen LogP contribution >= 0.6 is 0 Å². The molecule has 0 aromatic heterocycles. The summed E-state index contributed by atoms with van der Waals surface area (Å²) in [5.41, 5.74) is 0. The van der Waals surface area contributed by atoms with E-state index in [-0.39, 0.29) is 6.54 Å². The number of hydrogen-bond acceptors (Lipinski definition) is 1. The van der Waals surface area contributed by atoms with Gasteiger partial charge in [-0.1, -0.05) is 59.8 Å². The summed E-state index contributed by atoms with van der Waals surface area (Å²) in [6.07, 6.45) is 7.70. The molecule has 0 rings (SSSR count). The third kappa shape index (κ3) is 29.3. The second-order valence-electron chi connectivity index (χ2n) is 3.16. The lowest BCUT2D eigenvalue weighted by Crippen LogP contribution is -2.20. The minimum Gasteiger partial charge on any atom is -0.465 e. The molecule has 0 aliphatic heterocycles. The molecule has 1 amide bonds. The van der Waals surface area contributed by atoms with Gasteiger partial charge in [-0.05, 0) is 5.92 Å². The van der Waals surface area contributed by atoms with Gasteiger partial charge < -0.3 is 10.4 Å². The summed E-state index contributed by atoms with van der Waals surface area (Å²) < 4.78 is 0. The van der Waals surface area contributed by atoms with E-state index in [1.165, 1.54) is 19.3 Å². The molecule has 16 heavy (non-hydrogen) atoms. The van der Waals surface area contributed by atoms with Gasteiger partial charge in [-0.3, -0.25) is 0 Å². The summed E-state index contributed by atoms with van der Waals surface area (Å²) in [5, 5.41) is 9.81. The Morgan fingerprint density at radius 2 is 1.94 bits per heavy atom. The molecule has 0 heterocycles.